The summed E-state index contributed by atoms with van der Waals surface area (Å²) in [7, 11) is 1.56. The molecule has 0 unspecified atom stereocenters. The Hall–Kier alpha value is -0.700. The van der Waals surface area contributed by atoms with E-state index < -0.39 is 0 Å². The second-order valence-electron chi connectivity index (χ2n) is 1.73. The third kappa shape index (κ3) is 1.42. The Kier molecular flexibility index (Phi) is 2.17. The minimum atomic E-state index is 0.104. The number of hydrogen-bond acceptors (Lipinski definition) is 2. The molecule has 0 fully saturated rings. The van der Waals surface area contributed by atoms with Gasteiger partial charge in [-0.3, -0.25) is 0 Å². The second-order valence-corrected chi connectivity index (χ2v) is 2.52. The Morgan fingerprint density at radius 2 is 2.30 bits per heavy atom. The van der Waals surface area contributed by atoms with E-state index in [4.69, 9.17) is 9.84 Å². The summed E-state index contributed by atoms with van der Waals surface area (Å²) in [6.07, 6.45) is 0. The van der Waals surface area contributed by atoms with Gasteiger partial charge in [0.15, 0.2) is 0 Å². The fourth-order valence-electron chi connectivity index (χ4n) is 0.601. The quantitative estimate of drug-likeness (QED) is 0.754. The lowest BCUT2D eigenvalue weighted by atomic mass is 10.3. The third-order valence-corrected chi connectivity index (χ3v) is 1.66. The van der Waals surface area contributed by atoms with Gasteiger partial charge in [0.05, 0.1) is 11.6 Å². The molecule has 1 N–H and O–H groups in total. The minimum Gasteiger partial charge on any atom is -0.507 e. The average molecular weight is 202 g/mol. The van der Waals surface area contributed by atoms with E-state index in [-0.39, 0.29) is 5.75 Å². The molecule has 0 aromatic heterocycles. The molecule has 0 heterocycles. The predicted octanol–water partition coefficient (Wildman–Crippen LogP) is 1.96. The van der Waals surface area contributed by atoms with Crippen molar-refractivity contribution in [3.05, 3.63) is 22.7 Å². The van der Waals surface area contributed by atoms with Crippen LogP contribution in [0.25, 0.3) is 0 Å². The van der Waals surface area contributed by atoms with Gasteiger partial charge in [0.1, 0.15) is 11.5 Å². The second kappa shape index (κ2) is 2.92. The first-order chi connectivity index (χ1) is 4.74. The largest absolute Gasteiger partial charge is 0.507 e. The van der Waals surface area contributed by atoms with Gasteiger partial charge in [-0.05, 0) is 28.1 Å². The van der Waals surface area contributed by atoms with E-state index >= 15 is 0 Å². The standard InChI is InChI=1S/C7H6BrO2/c1-10-7-3-2-5(9)4-6(7)8/h2-3,9H,1H3. The zero-order chi connectivity index (χ0) is 7.56. The molecule has 3 heteroatoms. The smallest absolute Gasteiger partial charge is 0.133 e. The van der Waals surface area contributed by atoms with Gasteiger partial charge in [-0.1, -0.05) is 0 Å². The van der Waals surface area contributed by atoms with Crippen molar-refractivity contribution in [3.63, 3.8) is 0 Å². The van der Waals surface area contributed by atoms with Crippen molar-refractivity contribution >= 4 is 15.9 Å². The number of ether oxygens (including phenoxy) is 1. The number of phenolic OH excluding ortho intramolecular Hbond substituents is 1. The molecule has 0 amide bonds. The van der Waals surface area contributed by atoms with Crippen molar-refractivity contribution in [3.8, 4) is 11.5 Å². The maximum absolute atomic E-state index is 8.89. The van der Waals surface area contributed by atoms with Crippen molar-refractivity contribution < 1.29 is 9.84 Å². The topological polar surface area (TPSA) is 29.5 Å². The first kappa shape index (κ1) is 7.41. The summed E-state index contributed by atoms with van der Waals surface area (Å²) in [6, 6.07) is 5.82. The van der Waals surface area contributed by atoms with Gasteiger partial charge in [-0.25, -0.2) is 0 Å². The molecule has 1 rings (SSSR count). The van der Waals surface area contributed by atoms with Crippen molar-refractivity contribution in [1.82, 2.24) is 0 Å². The van der Waals surface area contributed by atoms with E-state index in [1.54, 1.807) is 13.2 Å². The fourth-order valence-corrected chi connectivity index (χ4v) is 1.10. The molecule has 0 aliphatic rings. The molecule has 0 saturated heterocycles. The summed E-state index contributed by atoms with van der Waals surface area (Å²) >= 11 is 3.17. The van der Waals surface area contributed by atoms with E-state index in [1.165, 1.54) is 6.07 Å². The van der Waals surface area contributed by atoms with Crippen molar-refractivity contribution in [2.24, 2.45) is 0 Å². The van der Waals surface area contributed by atoms with E-state index in [0.29, 0.717) is 10.2 Å². The van der Waals surface area contributed by atoms with Gasteiger partial charge in [0.2, 0.25) is 0 Å². The molecule has 10 heavy (non-hydrogen) atoms. The normalized spacial score (nSPS) is 9.40. The Bertz CT molecular complexity index is 235. The maximum atomic E-state index is 8.89. The lowest BCUT2D eigenvalue weighted by Gasteiger charge is -2.00. The van der Waals surface area contributed by atoms with Gasteiger partial charge in [-0.2, -0.15) is 0 Å². The van der Waals surface area contributed by atoms with Crippen LogP contribution in [-0.2, 0) is 0 Å². The minimum absolute atomic E-state index is 0.104. The molecular formula is C7H6BrO2. The maximum Gasteiger partial charge on any atom is 0.133 e. The molecule has 1 aromatic carbocycles. The lowest BCUT2D eigenvalue weighted by molar-refractivity contribution is 0.409. The van der Waals surface area contributed by atoms with Gasteiger partial charge in [0.25, 0.3) is 0 Å². The lowest BCUT2D eigenvalue weighted by Crippen LogP contribution is -1.82. The van der Waals surface area contributed by atoms with Crippen LogP contribution in [0, 0.1) is 6.07 Å². The fraction of sp³-hybridized carbons (Fsp3) is 0.143. The van der Waals surface area contributed by atoms with Gasteiger partial charge in [0, 0.05) is 6.07 Å². The molecule has 0 saturated carbocycles. The van der Waals surface area contributed by atoms with E-state index in [9.17, 15) is 0 Å². The van der Waals surface area contributed by atoms with E-state index in [2.05, 4.69) is 22.0 Å². The zero-order valence-electron chi connectivity index (χ0n) is 5.39. The van der Waals surface area contributed by atoms with Crippen LogP contribution in [0.15, 0.2) is 16.6 Å². The molecule has 53 valence electrons. The highest BCUT2D eigenvalue weighted by molar-refractivity contribution is 9.10. The van der Waals surface area contributed by atoms with Gasteiger partial charge >= 0.3 is 0 Å². The number of hydrogen-bond donors (Lipinski definition) is 1. The van der Waals surface area contributed by atoms with Gasteiger partial charge < -0.3 is 9.84 Å². The molecule has 0 aliphatic carbocycles. The van der Waals surface area contributed by atoms with Crippen LogP contribution in [0.2, 0.25) is 0 Å². The Morgan fingerprint density at radius 1 is 1.60 bits per heavy atom. The van der Waals surface area contributed by atoms with Crippen LogP contribution < -0.4 is 4.74 Å². The van der Waals surface area contributed by atoms with E-state index in [0.717, 1.165) is 0 Å². The molecular weight excluding hydrogens is 196 g/mol. The SMILES string of the molecule is COc1ccc(O)[c]c1Br. The molecule has 1 radical (unpaired) electrons. The summed E-state index contributed by atoms with van der Waals surface area (Å²) in [5.41, 5.74) is 0. The molecule has 0 aliphatic heterocycles. The highest BCUT2D eigenvalue weighted by Crippen LogP contribution is 2.26. The van der Waals surface area contributed by atoms with Gasteiger partial charge in [-0.15, -0.1) is 0 Å². The molecule has 0 spiro atoms. The summed E-state index contributed by atoms with van der Waals surface area (Å²) in [4.78, 5) is 0. The molecule has 1 aromatic rings. The van der Waals surface area contributed by atoms with Crippen LogP contribution >= 0.6 is 15.9 Å². The van der Waals surface area contributed by atoms with Crippen LogP contribution in [0.1, 0.15) is 0 Å². The summed E-state index contributed by atoms with van der Waals surface area (Å²) in [5, 5.41) is 8.89. The molecule has 2 nitrogen and oxygen atoms in total. The molecule has 0 atom stereocenters. The van der Waals surface area contributed by atoms with Crippen molar-refractivity contribution in [2.45, 2.75) is 0 Å². The third-order valence-electron chi connectivity index (χ3n) is 1.07. The first-order valence-corrected chi connectivity index (χ1v) is 3.48. The number of phenols is 1. The number of rotatable bonds is 1. The van der Waals surface area contributed by atoms with Crippen molar-refractivity contribution in [1.29, 1.82) is 0 Å². The van der Waals surface area contributed by atoms with Crippen LogP contribution in [0.3, 0.4) is 0 Å². The highest BCUT2D eigenvalue weighted by Gasteiger charge is 1.98. The predicted molar refractivity (Wildman–Crippen MR) is 41.2 cm³/mol. The summed E-state index contributed by atoms with van der Waals surface area (Å²) in [5.74, 6) is 0.769. The average Bonchev–Trinajstić information content (AvgIpc) is 1.88. The Labute approximate surface area is 67.6 Å². The highest BCUT2D eigenvalue weighted by atomic mass is 79.9. The Balaban J connectivity index is 3.07. The summed E-state index contributed by atoms with van der Waals surface area (Å²) in [6.45, 7) is 0. The molecule has 0 bridgehead atoms. The van der Waals surface area contributed by atoms with Crippen LogP contribution in [0.5, 0.6) is 11.5 Å². The summed E-state index contributed by atoms with van der Waals surface area (Å²) < 4.78 is 5.54. The number of benzene rings is 1. The number of methoxy groups -OCH3 is 1. The van der Waals surface area contributed by atoms with Crippen LogP contribution in [0.4, 0.5) is 0 Å². The Morgan fingerprint density at radius 3 is 2.80 bits per heavy atom. The van der Waals surface area contributed by atoms with Crippen molar-refractivity contribution in [2.75, 3.05) is 7.11 Å². The number of halogens is 1. The first-order valence-electron chi connectivity index (χ1n) is 2.69. The van der Waals surface area contributed by atoms with E-state index in [1.807, 2.05) is 0 Å². The van der Waals surface area contributed by atoms with Crippen LogP contribution in [-0.4, -0.2) is 12.2 Å². The zero-order valence-corrected chi connectivity index (χ0v) is 6.97. The monoisotopic (exact) mass is 201 g/mol. The number of aromatic hydroxyl groups is 1.